The molecule has 1 aromatic rings. The Bertz CT molecular complexity index is 1490. The summed E-state index contributed by atoms with van der Waals surface area (Å²) < 4.78 is 0. The Morgan fingerprint density at radius 2 is 1.29 bits per heavy atom. The Morgan fingerprint density at radius 3 is 1.80 bits per heavy atom. The zero-order chi connectivity index (χ0) is 41.4. The maximum Gasteiger partial charge on any atom is 0.326 e. The summed E-state index contributed by atoms with van der Waals surface area (Å²) in [7, 11) is 1.54. The van der Waals surface area contributed by atoms with Gasteiger partial charge in [0, 0.05) is 25.8 Å². The number of ketones is 1. The van der Waals surface area contributed by atoms with Gasteiger partial charge in [-0.2, -0.15) is 0 Å². The number of carbonyl (C=O) groups excluding carboxylic acids is 6. The second-order valence-corrected chi connectivity index (χ2v) is 15.5. The van der Waals surface area contributed by atoms with Gasteiger partial charge in [0.2, 0.25) is 29.5 Å². The molecule has 0 spiro atoms. The molecule has 1 saturated carbocycles. The smallest absolute Gasteiger partial charge is 0.326 e. The number of Topliss-reactive ketones (excluding diaryl/α,β-unsaturated/α-hetero) is 1. The molecule has 15 heteroatoms. The van der Waals surface area contributed by atoms with Crippen molar-refractivity contribution < 1.29 is 48.6 Å². The van der Waals surface area contributed by atoms with Gasteiger partial charge in [0.25, 0.3) is 0 Å². The summed E-state index contributed by atoms with van der Waals surface area (Å²) in [6.07, 6.45) is 2.62. The van der Waals surface area contributed by atoms with E-state index in [1.165, 1.54) is 11.9 Å². The van der Waals surface area contributed by atoms with E-state index < -0.39 is 84.5 Å². The third-order valence-corrected chi connectivity index (χ3v) is 10.2. The molecule has 306 valence electrons. The molecular formula is C40H61N5O10. The quantitative estimate of drug-likeness (QED) is 0.0954. The first-order valence-corrected chi connectivity index (χ1v) is 19.3. The molecule has 1 fully saturated rings. The van der Waals surface area contributed by atoms with E-state index in [0.717, 1.165) is 18.4 Å². The van der Waals surface area contributed by atoms with Crippen LogP contribution < -0.4 is 21.3 Å². The van der Waals surface area contributed by atoms with E-state index in [-0.39, 0.29) is 42.3 Å². The normalized spacial score (nSPS) is 16.2. The number of carbonyl (C=O) groups is 8. The highest BCUT2D eigenvalue weighted by Gasteiger charge is 2.38. The summed E-state index contributed by atoms with van der Waals surface area (Å²) in [6.45, 7) is 10.6. The summed E-state index contributed by atoms with van der Waals surface area (Å²) in [5.41, 5.74) is 0.971. The first kappa shape index (κ1) is 46.3. The summed E-state index contributed by atoms with van der Waals surface area (Å²) >= 11 is 0. The summed E-state index contributed by atoms with van der Waals surface area (Å²) in [4.78, 5) is 106. The lowest BCUT2D eigenvalue weighted by molar-refractivity contribution is -0.144. The van der Waals surface area contributed by atoms with Crippen LogP contribution in [0.3, 0.4) is 0 Å². The second kappa shape index (κ2) is 22.5. The van der Waals surface area contributed by atoms with Crippen molar-refractivity contribution in [1.82, 2.24) is 26.2 Å². The van der Waals surface area contributed by atoms with Gasteiger partial charge in [-0.25, -0.2) is 4.79 Å². The topological polar surface area (TPSA) is 228 Å². The largest absolute Gasteiger partial charge is 0.481 e. The number of hydrogen-bond acceptors (Lipinski definition) is 8. The molecular weight excluding hydrogens is 710 g/mol. The van der Waals surface area contributed by atoms with E-state index >= 15 is 0 Å². The van der Waals surface area contributed by atoms with Crippen LogP contribution in [0.4, 0.5) is 0 Å². The molecule has 55 heavy (non-hydrogen) atoms. The third kappa shape index (κ3) is 15.1. The van der Waals surface area contributed by atoms with Crippen LogP contribution in [0.15, 0.2) is 30.3 Å². The van der Waals surface area contributed by atoms with Crippen LogP contribution in [0.2, 0.25) is 0 Å². The van der Waals surface area contributed by atoms with E-state index in [4.69, 9.17) is 0 Å². The van der Waals surface area contributed by atoms with Crippen molar-refractivity contribution in [2.24, 2.45) is 23.7 Å². The van der Waals surface area contributed by atoms with Crippen molar-refractivity contribution in [2.45, 2.75) is 136 Å². The highest BCUT2D eigenvalue weighted by Crippen LogP contribution is 2.27. The molecule has 1 unspecified atom stereocenters. The molecule has 1 aromatic carbocycles. The molecule has 0 saturated heterocycles. The van der Waals surface area contributed by atoms with Gasteiger partial charge in [-0.05, 0) is 49.0 Å². The molecule has 0 heterocycles. The summed E-state index contributed by atoms with van der Waals surface area (Å²) in [6, 6.07) is 2.68. The van der Waals surface area contributed by atoms with E-state index in [2.05, 4.69) is 21.3 Å². The first-order chi connectivity index (χ1) is 25.9. The molecule has 0 aromatic heterocycles. The molecule has 6 atom stereocenters. The van der Waals surface area contributed by atoms with Gasteiger partial charge in [-0.1, -0.05) is 91.1 Å². The maximum absolute atomic E-state index is 14.0. The number of carboxylic acids is 2. The van der Waals surface area contributed by atoms with Gasteiger partial charge in [0.1, 0.15) is 36.0 Å². The van der Waals surface area contributed by atoms with E-state index in [1.807, 2.05) is 37.3 Å². The van der Waals surface area contributed by atoms with E-state index in [1.54, 1.807) is 34.6 Å². The number of rotatable bonds is 23. The zero-order valence-electron chi connectivity index (χ0n) is 33.3. The number of hydrogen-bond donors (Lipinski definition) is 6. The van der Waals surface area contributed by atoms with Crippen LogP contribution >= 0.6 is 0 Å². The van der Waals surface area contributed by atoms with Crippen LogP contribution in [0, 0.1) is 23.7 Å². The zero-order valence-corrected chi connectivity index (χ0v) is 33.3. The molecule has 1 aliphatic rings. The van der Waals surface area contributed by atoms with Crippen molar-refractivity contribution in [1.29, 1.82) is 0 Å². The lowest BCUT2D eigenvalue weighted by Gasteiger charge is -2.33. The van der Waals surface area contributed by atoms with Gasteiger partial charge in [0.05, 0.1) is 6.42 Å². The lowest BCUT2D eigenvalue weighted by atomic mass is 9.94. The van der Waals surface area contributed by atoms with Crippen LogP contribution in [0.1, 0.15) is 105 Å². The number of nitrogens with one attached hydrogen (secondary N) is 4. The minimum atomic E-state index is -1.73. The Balaban J connectivity index is 2.35. The first-order valence-electron chi connectivity index (χ1n) is 19.3. The van der Waals surface area contributed by atoms with Crippen LogP contribution in [-0.4, -0.2) is 99.6 Å². The lowest BCUT2D eigenvalue weighted by Crippen LogP contribution is -2.61. The van der Waals surface area contributed by atoms with Crippen molar-refractivity contribution in [3.05, 3.63) is 35.9 Å². The monoisotopic (exact) mass is 771 g/mol. The average molecular weight is 772 g/mol. The number of likely N-dealkylation sites (N-methyl/N-ethyl adjacent to an activating group) is 1. The number of amides is 5. The predicted octanol–water partition coefficient (Wildman–Crippen LogP) is 2.84. The molecule has 0 radical (unpaired) electrons. The van der Waals surface area contributed by atoms with Gasteiger partial charge in [-0.15, -0.1) is 0 Å². The van der Waals surface area contributed by atoms with Gasteiger partial charge in [-0.3, -0.25) is 33.6 Å². The summed E-state index contributed by atoms with van der Waals surface area (Å²) in [5, 5.41) is 29.2. The fourth-order valence-electron chi connectivity index (χ4n) is 6.80. The van der Waals surface area contributed by atoms with Crippen molar-refractivity contribution >= 4 is 47.3 Å². The third-order valence-electron chi connectivity index (χ3n) is 10.2. The molecule has 6 N–H and O–H groups in total. The number of aliphatic carboxylic acids is 2. The van der Waals surface area contributed by atoms with Crippen molar-refractivity contribution in [2.75, 3.05) is 7.05 Å². The average Bonchev–Trinajstić information content (AvgIpc) is 3.67. The maximum atomic E-state index is 14.0. The van der Waals surface area contributed by atoms with E-state index in [0.29, 0.717) is 25.7 Å². The van der Waals surface area contributed by atoms with Crippen molar-refractivity contribution in [3.8, 4) is 0 Å². The molecule has 0 bridgehead atoms. The standard InChI is InChI=1S/C40H61N5O10/c1-8-25(6)34(44-39(53)35(24(4)5)45(7)32(47)19-18-26-14-10-9-11-15-26)38(52)42-28(21-31(46)27-16-12-13-17-27)36(50)41-29(22-33(48)49)37(51)43-30(40(54)55)20-23(2)3/h9-11,14-15,23-25,27-30,34-35H,8,12-13,16-22H2,1-7H3,(H,41,50)(H,42,52)(H,43,51)(H,44,53)(H,48,49)(H,54,55)/t25-,28?,29-,30-,34-,35-/m0/s1. The minimum Gasteiger partial charge on any atom is -0.481 e. The fourth-order valence-corrected chi connectivity index (χ4v) is 6.80. The van der Waals surface area contributed by atoms with Crippen LogP contribution in [0.25, 0.3) is 0 Å². The number of aryl methyl sites for hydroxylation is 1. The second-order valence-electron chi connectivity index (χ2n) is 15.5. The van der Waals surface area contributed by atoms with Crippen molar-refractivity contribution in [3.63, 3.8) is 0 Å². The number of benzene rings is 1. The Kier molecular flexibility index (Phi) is 19.0. The molecule has 5 amide bonds. The Morgan fingerprint density at radius 1 is 0.745 bits per heavy atom. The van der Waals surface area contributed by atoms with Gasteiger partial charge in [0.15, 0.2) is 0 Å². The SMILES string of the molecule is CC[C@H](C)[C@H](NC(=O)[C@H](C(C)C)N(C)C(=O)CCc1ccccc1)C(=O)NC(CC(=O)C1CCCC1)C(=O)N[C@@H](CC(=O)O)C(=O)N[C@@H](CC(C)C)C(=O)O. The molecule has 1 aliphatic carbocycles. The molecule has 2 rings (SSSR count). The predicted molar refractivity (Wildman–Crippen MR) is 204 cm³/mol. The van der Waals surface area contributed by atoms with Gasteiger partial charge >= 0.3 is 11.9 Å². The highest BCUT2D eigenvalue weighted by molar-refractivity contribution is 5.99. The molecule has 15 nitrogen and oxygen atoms in total. The Hall–Kier alpha value is -4.82. The number of carboxylic acid groups (broad SMARTS) is 2. The summed E-state index contributed by atoms with van der Waals surface area (Å²) in [5.74, 6) is -8.07. The van der Waals surface area contributed by atoms with Gasteiger partial charge < -0.3 is 36.4 Å². The highest BCUT2D eigenvalue weighted by atomic mass is 16.4. The molecule has 0 aliphatic heterocycles. The van der Waals surface area contributed by atoms with Crippen LogP contribution in [-0.2, 0) is 44.8 Å². The minimum absolute atomic E-state index is 0.0431. The number of nitrogens with zero attached hydrogens (tertiary/aromatic N) is 1. The van der Waals surface area contributed by atoms with Crippen LogP contribution in [0.5, 0.6) is 0 Å². The fraction of sp³-hybridized carbons (Fsp3) is 0.650. The van der Waals surface area contributed by atoms with E-state index in [9.17, 15) is 48.6 Å². The Labute approximate surface area is 324 Å².